The second kappa shape index (κ2) is 6.97. The summed E-state index contributed by atoms with van der Waals surface area (Å²) >= 11 is 0. The van der Waals surface area contributed by atoms with Crippen molar-refractivity contribution in [2.24, 2.45) is 0 Å². The van der Waals surface area contributed by atoms with E-state index in [1.54, 1.807) is 6.07 Å². The van der Waals surface area contributed by atoms with Gasteiger partial charge < -0.3 is 15.7 Å². The van der Waals surface area contributed by atoms with Crippen molar-refractivity contribution in [3.05, 3.63) is 35.6 Å². The first-order valence-corrected chi connectivity index (χ1v) is 6.13. The predicted octanol–water partition coefficient (Wildman–Crippen LogP) is 1.10. The van der Waals surface area contributed by atoms with Crippen molar-refractivity contribution in [1.29, 1.82) is 0 Å². The van der Waals surface area contributed by atoms with Crippen LogP contribution < -0.4 is 10.6 Å². The molecular formula is C13H17ClF2N2O2. The maximum Gasteiger partial charge on any atom is 0.259 e. The van der Waals surface area contributed by atoms with Crippen molar-refractivity contribution in [2.45, 2.75) is 18.2 Å². The fourth-order valence-corrected chi connectivity index (χ4v) is 2.06. The fraction of sp³-hybridized carbons (Fsp3) is 0.462. The first kappa shape index (κ1) is 16.8. The molecule has 1 aliphatic rings. The van der Waals surface area contributed by atoms with Crippen LogP contribution in [0.25, 0.3) is 0 Å². The molecule has 3 N–H and O–H groups in total. The van der Waals surface area contributed by atoms with E-state index in [4.69, 9.17) is 0 Å². The minimum absolute atomic E-state index is 0. The summed E-state index contributed by atoms with van der Waals surface area (Å²) in [5, 5.41) is 14.9. The topological polar surface area (TPSA) is 61.4 Å². The molecule has 2 atom stereocenters. The van der Waals surface area contributed by atoms with Crippen molar-refractivity contribution in [2.75, 3.05) is 19.6 Å². The van der Waals surface area contributed by atoms with E-state index < -0.39 is 23.5 Å². The van der Waals surface area contributed by atoms with Crippen molar-refractivity contribution < 1.29 is 18.7 Å². The van der Waals surface area contributed by atoms with Crippen molar-refractivity contribution in [3.8, 4) is 0 Å². The van der Waals surface area contributed by atoms with Crippen LogP contribution in [0.15, 0.2) is 24.3 Å². The summed E-state index contributed by atoms with van der Waals surface area (Å²) in [6.45, 7) is 0.194. The number of hydrogen-bond acceptors (Lipinski definition) is 3. The third-order valence-corrected chi connectivity index (χ3v) is 3.23. The van der Waals surface area contributed by atoms with E-state index in [0.717, 1.165) is 0 Å². The van der Waals surface area contributed by atoms with Crippen LogP contribution in [-0.4, -0.2) is 36.3 Å². The molecular weight excluding hydrogens is 290 g/mol. The number of aliphatic hydroxyl groups is 1. The van der Waals surface area contributed by atoms with Crippen LogP contribution in [0.2, 0.25) is 0 Å². The van der Waals surface area contributed by atoms with Gasteiger partial charge in [-0.05, 0) is 12.6 Å². The third-order valence-electron chi connectivity index (χ3n) is 3.23. The maximum absolute atomic E-state index is 14.0. The number of amides is 1. The zero-order valence-corrected chi connectivity index (χ0v) is 11.6. The van der Waals surface area contributed by atoms with E-state index in [1.165, 1.54) is 18.2 Å². The Morgan fingerprint density at radius 3 is 2.80 bits per heavy atom. The molecule has 1 fully saturated rings. The SMILES string of the molecule is Cl.O=C(NCC(O)c1ccccc1F)C1(F)CCNC1. The summed E-state index contributed by atoms with van der Waals surface area (Å²) in [6.07, 6.45) is -1.09. The standard InChI is InChI=1S/C13H16F2N2O2.ClH/c14-10-4-2-1-3-9(10)11(18)7-17-12(19)13(15)5-6-16-8-13;/h1-4,11,16,18H,5-8H2,(H,17,19);1H. The highest BCUT2D eigenvalue weighted by molar-refractivity contribution is 5.86. The molecule has 0 bridgehead atoms. The smallest absolute Gasteiger partial charge is 0.259 e. The zero-order chi connectivity index (χ0) is 13.9. The highest BCUT2D eigenvalue weighted by atomic mass is 35.5. The Kier molecular flexibility index (Phi) is 5.86. The van der Waals surface area contributed by atoms with Crippen LogP contribution >= 0.6 is 12.4 Å². The van der Waals surface area contributed by atoms with Gasteiger partial charge in [0, 0.05) is 25.1 Å². The Morgan fingerprint density at radius 2 is 2.20 bits per heavy atom. The van der Waals surface area contributed by atoms with Gasteiger partial charge in [-0.1, -0.05) is 18.2 Å². The maximum atomic E-state index is 14.0. The number of hydrogen-bond donors (Lipinski definition) is 3. The van der Waals surface area contributed by atoms with E-state index in [2.05, 4.69) is 10.6 Å². The average Bonchev–Trinajstić information content (AvgIpc) is 2.84. The van der Waals surface area contributed by atoms with Crippen LogP contribution in [0.4, 0.5) is 8.78 Å². The third kappa shape index (κ3) is 3.65. The molecule has 20 heavy (non-hydrogen) atoms. The van der Waals surface area contributed by atoms with Gasteiger partial charge in [0.1, 0.15) is 5.82 Å². The molecule has 4 nitrogen and oxygen atoms in total. The average molecular weight is 307 g/mol. The molecule has 0 aliphatic carbocycles. The van der Waals surface area contributed by atoms with Crippen LogP contribution in [0, 0.1) is 5.82 Å². The highest BCUT2D eigenvalue weighted by Crippen LogP contribution is 2.21. The van der Waals surface area contributed by atoms with Gasteiger partial charge in [-0.15, -0.1) is 12.4 Å². The molecule has 1 amide bonds. The first-order valence-electron chi connectivity index (χ1n) is 6.13. The van der Waals surface area contributed by atoms with Crippen molar-refractivity contribution >= 4 is 18.3 Å². The summed E-state index contributed by atoms with van der Waals surface area (Å²) in [5.74, 6) is -1.32. The molecule has 2 rings (SSSR count). The Hall–Kier alpha value is -1.24. The summed E-state index contributed by atoms with van der Waals surface area (Å²) in [6, 6.07) is 5.73. The van der Waals surface area contributed by atoms with Gasteiger partial charge in [0.2, 0.25) is 5.67 Å². The number of aliphatic hydroxyl groups excluding tert-OH is 1. The van der Waals surface area contributed by atoms with E-state index in [9.17, 15) is 18.7 Å². The van der Waals surface area contributed by atoms with Gasteiger partial charge in [0.15, 0.2) is 0 Å². The van der Waals surface area contributed by atoms with Gasteiger partial charge in [0.05, 0.1) is 6.10 Å². The molecule has 1 heterocycles. The minimum Gasteiger partial charge on any atom is -0.386 e. The van der Waals surface area contributed by atoms with Gasteiger partial charge in [-0.2, -0.15) is 0 Å². The van der Waals surface area contributed by atoms with E-state index >= 15 is 0 Å². The van der Waals surface area contributed by atoms with Crippen LogP contribution in [0.3, 0.4) is 0 Å². The summed E-state index contributed by atoms with van der Waals surface area (Å²) < 4.78 is 27.4. The number of rotatable bonds is 4. The lowest BCUT2D eigenvalue weighted by molar-refractivity contribution is -0.132. The minimum atomic E-state index is -1.94. The molecule has 0 aromatic heterocycles. The Labute approximate surface area is 122 Å². The quantitative estimate of drug-likeness (QED) is 0.780. The number of alkyl halides is 1. The molecule has 7 heteroatoms. The molecule has 112 valence electrons. The van der Waals surface area contributed by atoms with E-state index in [1.807, 2.05) is 0 Å². The number of nitrogens with one attached hydrogen (secondary N) is 2. The lowest BCUT2D eigenvalue weighted by Crippen LogP contribution is -2.46. The molecule has 2 unspecified atom stereocenters. The normalized spacial score (nSPS) is 22.9. The number of carbonyl (C=O) groups excluding carboxylic acids is 1. The highest BCUT2D eigenvalue weighted by Gasteiger charge is 2.41. The lowest BCUT2D eigenvalue weighted by Gasteiger charge is -2.19. The molecule has 1 saturated heterocycles. The fourth-order valence-electron chi connectivity index (χ4n) is 2.06. The second-order valence-electron chi connectivity index (χ2n) is 4.64. The van der Waals surface area contributed by atoms with Crippen molar-refractivity contribution in [1.82, 2.24) is 10.6 Å². The van der Waals surface area contributed by atoms with Gasteiger partial charge in [0.25, 0.3) is 5.91 Å². The number of benzene rings is 1. The first-order chi connectivity index (χ1) is 9.03. The van der Waals surface area contributed by atoms with E-state index in [-0.39, 0.29) is 37.5 Å². The van der Waals surface area contributed by atoms with Gasteiger partial charge in [-0.25, -0.2) is 8.78 Å². The monoisotopic (exact) mass is 306 g/mol. The molecule has 0 spiro atoms. The number of halogens is 3. The Bertz CT molecular complexity index is 467. The predicted molar refractivity (Wildman–Crippen MR) is 72.9 cm³/mol. The molecule has 1 aromatic rings. The lowest BCUT2D eigenvalue weighted by atomic mass is 10.0. The summed E-state index contributed by atoms with van der Waals surface area (Å²) in [7, 11) is 0. The van der Waals surface area contributed by atoms with E-state index in [0.29, 0.717) is 6.54 Å². The summed E-state index contributed by atoms with van der Waals surface area (Å²) in [5.41, 5.74) is -1.85. The van der Waals surface area contributed by atoms with Crippen LogP contribution in [0.5, 0.6) is 0 Å². The Balaban J connectivity index is 0.00000200. The second-order valence-corrected chi connectivity index (χ2v) is 4.64. The van der Waals surface area contributed by atoms with Crippen LogP contribution in [-0.2, 0) is 4.79 Å². The molecule has 1 aliphatic heterocycles. The van der Waals surface area contributed by atoms with Gasteiger partial charge >= 0.3 is 0 Å². The largest absolute Gasteiger partial charge is 0.386 e. The molecule has 0 saturated carbocycles. The zero-order valence-electron chi connectivity index (χ0n) is 10.7. The molecule has 0 radical (unpaired) electrons. The van der Waals surface area contributed by atoms with Crippen LogP contribution in [0.1, 0.15) is 18.1 Å². The number of carbonyl (C=O) groups is 1. The van der Waals surface area contributed by atoms with Crippen molar-refractivity contribution in [3.63, 3.8) is 0 Å². The molecule has 1 aromatic carbocycles. The Morgan fingerprint density at radius 1 is 1.50 bits per heavy atom. The van der Waals surface area contributed by atoms with Gasteiger partial charge in [-0.3, -0.25) is 4.79 Å². The summed E-state index contributed by atoms with van der Waals surface area (Å²) in [4.78, 5) is 11.7.